The summed E-state index contributed by atoms with van der Waals surface area (Å²) in [5.41, 5.74) is 0.0752. The summed E-state index contributed by atoms with van der Waals surface area (Å²) in [6.07, 6.45) is 0. The van der Waals surface area contributed by atoms with Crippen LogP contribution in [-0.4, -0.2) is 33.1 Å². The van der Waals surface area contributed by atoms with Crippen molar-refractivity contribution in [3.05, 3.63) is 29.8 Å². The van der Waals surface area contributed by atoms with Crippen LogP contribution in [0.2, 0.25) is 0 Å². The van der Waals surface area contributed by atoms with Gasteiger partial charge in [0.2, 0.25) is 0 Å². The summed E-state index contributed by atoms with van der Waals surface area (Å²) in [4.78, 5) is 11.1. The average molecular weight is 286 g/mol. The normalized spacial score (nSPS) is 11.6. The predicted molar refractivity (Wildman–Crippen MR) is 73.6 cm³/mol. The Morgan fingerprint density at radius 2 is 1.95 bits per heavy atom. The van der Waals surface area contributed by atoms with Gasteiger partial charge in [0.25, 0.3) is 0 Å². The van der Waals surface area contributed by atoms with E-state index < -0.39 is 16.2 Å². The van der Waals surface area contributed by atoms with E-state index in [-0.39, 0.29) is 17.2 Å². The second-order valence-electron chi connectivity index (χ2n) is 4.54. The molecule has 0 bridgehead atoms. The highest BCUT2D eigenvalue weighted by atomic mass is 32.2. The minimum atomic E-state index is -3.74. The van der Waals surface area contributed by atoms with Crippen LogP contribution in [0.25, 0.3) is 0 Å². The molecule has 0 atom stereocenters. The topological polar surface area (TPSA) is 86.7 Å². The number of rotatable bonds is 6. The summed E-state index contributed by atoms with van der Waals surface area (Å²) >= 11 is 0. The largest absolute Gasteiger partial charge is 0.478 e. The van der Waals surface area contributed by atoms with Crippen LogP contribution in [0, 0.1) is 5.92 Å². The molecule has 0 aliphatic carbocycles. The summed E-state index contributed by atoms with van der Waals surface area (Å²) in [6.45, 7) is 4.06. The predicted octanol–water partition coefficient (Wildman–Crippen LogP) is 1.31. The van der Waals surface area contributed by atoms with E-state index in [1.54, 1.807) is 12.1 Å². The second kappa shape index (κ2) is 6.03. The fourth-order valence-electron chi connectivity index (χ4n) is 1.43. The first-order valence-electron chi connectivity index (χ1n) is 5.81. The molecule has 0 saturated carbocycles. The summed E-state index contributed by atoms with van der Waals surface area (Å²) in [6, 6.07) is 5.97. The van der Waals surface area contributed by atoms with Crippen molar-refractivity contribution in [1.29, 1.82) is 0 Å². The third kappa shape index (κ3) is 3.93. The zero-order chi connectivity index (χ0) is 14.6. The van der Waals surface area contributed by atoms with Crippen molar-refractivity contribution in [2.45, 2.75) is 13.8 Å². The van der Waals surface area contributed by atoms with Crippen LogP contribution in [0.5, 0.6) is 0 Å². The Hall–Kier alpha value is -1.60. The van der Waals surface area contributed by atoms with Gasteiger partial charge < -0.3 is 5.11 Å². The number of hydrogen-bond donors (Lipinski definition) is 2. The number of nitrogens with zero attached hydrogens (tertiary/aromatic N) is 1. The van der Waals surface area contributed by atoms with Crippen molar-refractivity contribution in [3.8, 4) is 0 Å². The number of carbonyl (C=O) groups is 1. The van der Waals surface area contributed by atoms with Gasteiger partial charge in [-0.15, -0.1) is 0 Å². The third-order valence-corrected chi connectivity index (χ3v) is 3.96. The number of anilines is 1. The molecular formula is C12H18N2O4S. The van der Waals surface area contributed by atoms with Gasteiger partial charge in [0.15, 0.2) is 0 Å². The molecule has 0 aliphatic rings. The minimum absolute atomic E-state index is 0.0556. The molecule has 1 aromatic carbocycles. The number of benzene rings is 1. The van der Waals surface area contributed by atoms with E-state index in [2.05, 4.69) is 4.72 Å². The average Bonchev–Trinajstić information content (AvgIpc) is 2.35. The lowest BCUT2D eigenvalue weighted by Crippen LogP contribution is -2.40. The molecule has 0 amide bonds. The molecule has 19 heavy (non-hydrogen) atoms. The van der Waals surface area contributed by atoms with E-state index in [1.165, 1.54) is 19.2 Å². The summed E-state index contributed by atoms with van der Waals surface area (Å²) in [5, 5.41) is 9.06. The van der Waals surface area contributed by atoms with E-state index in [1.807, 2.05) is 13.8 Å². The van der Waals surface area contributed by atoms with Gasteiger partial charge in [0, 0.05) is 13.6 Å². The molecule has 0 radical (unpaired) electrons. The van der Waals surface area contributed by atoms with Gasteiger partial charge in [0.1, 0.15) is 0 Å². The van der Waals surface area contributed by atoms with Crippen molar-refractivity contribution in [2.75, 3.05) is 17.9 Å². The van der Waals surface area contributed by atoms with Crippen LogP contribution < -0.4 is 9.03 Å². The third-order valence-electron chi connectivity index (χ3n) is 2.51. The minimum Gasteiger partial charge on any atom is -0.478 e. The Morgan fingerprint density at radius 3 is 2.47 bits per heavy atom. The molecule has 7 heteroatoms. The number of para-hydroxylation sites is 1. The Kier molecular flexibility index (Phi) is 4.90. The first kappa shape index (κ1) is 15.5. The van der Waals surface area contributed by atoms with E-state index in [0.717, 1.165) is 4.31 Å². The standard InChI is InChI=1S/C12H18N2O4S/c1-9(2)8-13-19(17,18)14(3)11-7-5-4-6-10(11)12(15)16/h4-7,9,13H,8H2,1-3H3,(H,15,16). The number of carboxylic acid groups (broad SMARTS) is 1. The van der Waals surface area contributed by atoms with Crippen LogP contribution in [0.4, 0.5) is 5.69 Å². The monoisotopic (exact) mass is 286 g/mol. The molecule has 0 aromatic heterocycles. The van der Waals surface area contributed by atoms with Crippen LogP contribution in [0.3, 0.4) is 0 Å². The Labute approximate surface area is 113 Å². The Morgan fingerprint density at radius 1 is 1.37 bits per heavy atom. The fraction of sp³-hybridized carbons (Fsp3) is 0.417. The van der Waals surface area contributed by atoms with Gasteiger partial charge in [-0.2, -0.15) is 13.1 Å². The maximum Gasteiger partial charge on any atom is 0.337 e. The number of hydrogen-bond acceptors (Lipinski definition) is 3. The van der Waals surface area contributed by atoms with Gasteiger partial charge in [-0.25, -0.2) is 4.79 Å². The highest BCUT2D eigenvalue weighted by Gasteiger charge is 2.22. The van der Waals surface area contributed by atoms with Crippen LogP contribution >= 0.6 is 0 Å². The lowest BCUT2D eigenvalue weighted by atomic mass is 10.2. The van der Waals surface area contributed by atoms with E-state index >= 15 is 0 Å². The molecule has 2 N–H and O–H groups in total. The highest BCUT2D eigenvalue weighted by molar-refractivity contribution is 7.90. The molecule has 6 nitrogen and oxygen atoms in total. The first-order valence-corrected chi connectivity index (χ1v) is 7.25. The molecule has 0 saturated heterocycles. The zero-order valence-electron chi connectivity index (χ0n) is 11.1. The molecule has 0 heterocycles. The Bertz CT molecular complexity index is 555. The summed E-state index contributed by atoms with van der Waals surface area (Å²) < 4.78 is 27.4. The van der Waals surface area contributed by atoms with Crippen molar-refractivity contribution in [3.63, 3.8) is 0 Å². The number of aromatic carboxylic acids is 1. The van der Waals surface area contributed by atoms with Crippen LogP contribution in [0.15, 0.2) is 24.3 Å². The second-order valence-corrected chi connectivity index (χ2v) is 6.32. The van der Waals surface area contributed by atoms with Crippen LogP contribution in [0.1, 0.15) is 24.2 Å². The molecular weight excluding hydrogens is 268 g/mol. The van der Waals surface area contributed by atoms with Gasteiger partial charge in [-0.3, -0.25) is 4.31 Å². The van der Waals surface area contributed by atoms with Gasteiger partial charge in [-0.05, 0) is 18.1 Å². The molecule has 0 unspecified atom stereocenters. The van der Waals surface area contributed by atoms with Crippen molar-refractivity contribution >= 4 is 21.9 Å². The van der Waals surface area contributed by atoms with E-state index in [0.29, 0.717) is 6.54 Å². The highest BCUT2D eigenvalue weighted by Crippen LogP contribution is 2.21. The fourth-order valence-corrected chi connectivity index (χ4v) is 2.58. The lowest BCUT2D eigenvalue weighted by molar-refractivity contribution is 0.0698. The van der Waals surface area contributed by atoms with Gasteiger partial charge >= 0.3 is 16.2 Å². The number of nitrogens with one attached hydrogen (secondary N) is 1. The Balaban J connectivity index is 3.06. The quantitative estimate of drug-likeness (QED) is 0.825. The van der Waals surface area contributed by atoms with Crippen molar-refractivity contribution in [1.82, 2.24) is 4.72 Å². The molecule has 1 aromatic rings. The maximum absolute atomic E-state index is 12.0. The molecule has 1 rings (SSSR count). The zero-order valence-corrected chi connectivity index (χ0v) is 11.9. The maximum atomic E-state index is 12.0. The summed E-state index contributed by atoms with van der Waals surface area (Å²) in [5.74, 6) is -1.00. The molecule has 106 valence electrons. The van der Waals surface area contributed by atoms with Gasteiger partial charge in [-0.1, -0.05) is 26.0 Å². The van der Waals surface area contributed by atoms with E-state index in [9.17, 15) is 13.2 Å². The van der Waals surface area contributed by atoms with Crippen molar-refractivity contribution in [2.24, 2.45) is 5.92 Å². The SMILES string of the molecule is CC(C)CNS(=O)(=O)N(C)c1ccccc1C(=O)O. The molecule has 0 fully saturated rings. The molecule has 0 aliphatic heterocycles. The first-order chi connectivity index (χ1) is 8.75. The van der Waals surface area contributed by atoms with E-state index in [4.69, 9.17) is 5.11 Å². The van der Waals surface area contributed by atoms with Crippen molar-refractivity contribution < 1.29 is 18.3 Å². The summed E-state index contributed by atoms with van der Waals surface area (Å²) in [7, 11) is -2.42. The molecule has 0 spiro atoms. The number of carboxylic acids is 1. The smallest absolute Gasteiger partial charge is 0.337 e. The van der Waals surface area contributed by atoms with Gasteiger partial charge in [0.05, 0.1) is 11.3 Å². The van der Waals surface area contributed by atoms with Crippen LogP contribution in [-0.2, 0) is 10.2 Å². The lowest BCUT2D eigenvalue weighted by Gasteiger charge is -2.22.